The van der Waals surface area contributed by atoms with Crippen molar-refractivity contribution < 1.29 is 51.9 Å². The van der Waals surface area contributed by atoms with E-state index in [1.807, 2.05) is 9.80 Å². The highest BCUT2D eigenvalue weighted by Gasteiger charge is 2.17. The molecule has 56 heavy (non-hydrogen) atoms. The maximum absolute atomic E-state index is 11.4. The molecule has 0 aromatic carbocycles. The third-order valence-corrected chi connectivity index (χ3v) is 11.3. The second-order valence-corrected chi connectivity index (χ2v) is 19.5. The average Bonchev–Trinajstić information content (AvgIpc) is 3.10. The molecule has 0 spiro atoms. The molecule has 0 fully saturated rings. The normalized spacial score (nSPS) is 12.8. The van der Waals surface area contributed by atoms with Crippen LogP contribution in [0.25, 0.3) is 0 Å². The highest BCUT2D eigenvalue weighted by atomic mass is 32.2. The van der Waals surface area contributed by atoms with Crippen LogP contribution in [0.3, 0.4) is 0 Å². The molecule has 306 valence electrons. The van der Waals surface area contributed by atoms with Gasteiger partial charge in [-0.3, -0.25) is 47.9 Å². The van der Waals surface area contributed by atoms with Crippen molar-refractivity contribution in [2.75, 3.05) is 36.1 Å². The standard InChI is InChI=1S/C34H44N6O12S4/c41-53(42,43)15-5-27-1-9-35-31(19-27)23-39(24-32-20-28(2-10-36-32)6-16-54(44,45)46)13-14-40(25-33-21-29(3-11-37-33)7-17-55(47,48)49)26-34-22-30(4-12-38-34)8-18-56(50,51)52/h1-4,9-12,19-22H,5-8,13-18,23-26H2,(H,41,42,43)(H,44,45,46)(H,47,48,49)(H,50,51,52). The lowest BCUT2D eigenvalue weighted by molar-refractivity contribution is 0.178. The Morgan fingerprint density at radius 2 is 0.607 bits per heavy atom. The van der Waals surface area contributed by atoms with Crippen molar-refractivity contribution in [2.24, 2.45) is 0 Å². The van der Waals surface area contributed by atoms with Crippen LogP contribution >= 0.6 is 0 Å². The molecule has 22 heteroatoms. The zero-order valence-electron chi connectivity index (χ0n) is 30.2. The van der Waals surface area contributed by atoms with Crippen LogP contribution in [0, 0.1) is 0 Å². The fourth-order valence-electron chi connectivity index (χ4n) is 5.69. The van der Waals surface area contributed by atoms with Crippen LogP contribution in [0.2, 0.25) is 0 Å². The molecule has 4 rings (SSSR count). The van der Waals surface area contributed by atoms with Gasteiger partial charge in [0.2, 0.25) is 0 Å². The molecule has 0 aliphatic rings. The number of aromatic nitrogens is 4. The van der Waals surface area contributed by atoms with Crippen LogP contribution in [-0.4, -0.2) is 118 Å². The first-order valence-electron chi connectivity index (χ1n) is 17.2. The first-order chi connectivity index (χ1) is 26.2. The smallest absolute Gasteiger partial charge is 0.265 e. The van der Waals surface area contributed by atoms with Crippen LogP contribution in [-0.2, 0) is 92.3 Å². The van der Waals surface area contributed by atoms with E-state index in [0.717, 1.165) is 0 Å². The monoisotopic (exact) mass is 856 g/mol. The van der Waals surface area contributed by atoms with Gasteiger partial charge in [0.15, 0.2) is 0 Å². The predicted molar refractivity (Wildman–Crippen MR) is 206 cm³/mol. The van der Waals surface area contributed by atoms with Crippen LogP contribution < -0.4 is 0 Å². The Morgan fingerprint density at radius 3 is 0.804 bits per heavy atom. The molecule has 4 aromatic rings. The minimum absolute atomic E-state index is 0.0616. The van der Waals surface area contributed by atoms with Crippen molar-refractivity contribution in [1.82, 2.24) is 29.7 Å². The second kappa shape index (κ2) is 20.0. The van der Waals surface area contributed by atoms with Gasteiger partial charge in [0.25, 0.3) is 40.5 Å². The van der Waals surface area contributed by atoms with Crippen LogP contribution in [0.15, 0.2) is 73.3 Å². The molecule has 0 saturated carbocycles. The summed E-state index contributed by atoms with van der Waals surface area (Å²) in [6.45, 7) is 1.79. The van der Waals surface area contributed by atoms with Crippen molar-refractivity contribution in [2.45, 2.75) is 51.9 Å². The number of aryl methyl sites for hydroxylation is 4. The average molecular weight is 857 g/mol. The van der Waals surface area contributed by atoms with Gasteiger partial charge in [-0.1, -0.05) is 0 Å². The van der Waals surface area contributed by atoms with Crippen LogP contribution in [0.5, 0.6) is 0 Å². The van der Waals surface area contributed by atoms with Crippen molar-refractivity contribution in [1.29, 1.82) is 0 Å². The molecule has 0 saturated heterocycles. The van der Waals surface area contributed by atoms with Gasteiger partial charge in [-0.2, -0.15) is 33.7 Å². The zero-order valence-corrected chi connectivity index (χ0v) is 33.5. The Morgan fingerprint density at radius 1 is 0.393 bits per heavy atom. The summed E-state index contributed by atoms with van der Waals surface area (Å²) in [6, 6.07) is 13.5. The van der Waals surface area contributed by atoms with E-state index in [9.17, 15) is 51.9 Å². The Kier molecular flexibility index (Phi) is 16.1. The summed E-state index contributed by atoms with van der Waals surface area (Å²) in [5.74, 6) is -1.87. The van der Waals surface area contributed by atoms with Crippen LogP contribution in [0.1, 0.15) is 45.0 Å². The first-order valence-corrected chi connectivity index (χ1v) is 23.6. The van der Waals surface area contributed by atoms with E-state index < -0.39 is 63.5 Å². The Balaban J connectivity index is 1.62. The summed E-state index contributed by atoms with van der Waals surface area (Å²) in [5, 5.41) is 0. The maximum atomic E-state index is 11.4. The van der Waals surface area contributed by atoms with E-state index in [0.29, 0.717) is 58.1 Å². The molecule has 0 radical (unpaired) electrons. The SMILES string of the molecule is O=S(=O)(O)CCc1ccnc(CN(CCN(Cc2cc(CCS(=O)(=O)O)ccn2)Cc2cc(CCS(=O)(=O)O)ccn2)Cc2cc(CCS(=O)(=O)O)ccn2)c1. The lowest BCUT2D eigenvalue weighted by Gasteiger charge is -2.27. The molecule has 0 unspecified atom stereocenters. The van der Waals surface area contributed by atoms with E-state index in [4.69, 9.17) is 0 Å². The number of rotatable bonds is 23. The van der Waals surface area contributed by atoms with E-state index in [2.05, 4.69) is 19.9 Å². The molecule has 0 aliphatic carbocycles. The Bertz CT molecular complexity index is 2050. The summed E-state index contributed by atoms with van der Waals surface area (Å²) < 4.78 is 128. The molecule has 4 N–H and O–H groups in total. The molecule has 18 nitrogen and oxygen atoms in total. The molecule has 0 aliphatic heterocycles. The van der Waals surface area contributed by atoms with Gasteiger partial charge in [-0.15, -0.1) is 0 Å². The van der Waals surface area contributed by atoms with Gasteiger partial charge in [0.05, 0.1) is 45.8 Å². The third-order valence-electron chi connectivity index (χ3n) is 8.39. The summed E-state index contributed by atoms with van der Waals surface area (Å²) in [5.41, 5.74) is 4.92. The predicted octanol–water partition coefficient (Wildman–Crippen LogP) is 1.69. The summed E-state index contributed by atoms with van der Waals surface area (Å²) in [4.78, 5) is 21.9. The topological polar surface area (TPSA) is 276 Å². The number of nitrogens with zero attached hydrogens (tertiary/aromatic N) is 6. The van der Waals surface area contributed by atoms with Crippen molar-refractivity contribution in [3.05, 3.63) is 118 Å². The summed E-state index contributed by atoms with van der Waals surface area (Å²) >= 11 is 0. The lowest BCUT2D eigenvalue weighted by Crippen LogP contribution is -2.35. The molecule has 4 aromatic heterocycles. The quantitative estimate of drug-likeness (QED) is 0.0773. The zero-order chi connectivity index (χ0) is 41.0. The maximum Gasteiger partial charge on any atom is 0.265 e. The molecular weight excluding hydrogens is 813 g/mol. The molecule has 4 heterocycles. The minimum atomic E-state index is -4.20. The minimum Gasteiger partial charge on any atom is -0.290 e. The van der Waals surface area contributed by atoms with Gasteiger partial charge in [0.1, 0.15) is 0 Å². The van der Waals surface area contributed by atoms with Crippen molar-refractivity contribution >= 4 is 40.5 Å². The molecule has 0 atom stereocenters. The van der Waals surface area contributed by atoms with Gasteiger partial charge >= 0.3 is 0 Å². The second-order valence-electron chi connectivity index (χ2n) is 13.2. The fourth-order valence-corrected chi connectivity index (χ4v) is 7.67. The van der Waals surface area contributed by atoms with Gasteiger partial charge in [-0.25, -0.2) is 0 Å². The highest BCUT2D eigenvalue weighted by Crippen LogP contribution is 2.16. The van der Waals surface area contributed by atoms with Gasteiger partial charge in [0, 0.05) is 64.1 Å². The Labute approximate surface area is 327 Å². The Hall–Kier alpha value is -3.84. The van der Waals surface area contributed by atoms with Gasteiger partial charge in [-0.05, 0) is 96.5 Å². The first kappa shape index (κ1) is 44.9. The van der Waals surface area contributed by atoms with E-state index in [1.54, 1.807) is 48.5 Å². The molecular formula is C34H44N6O12S4. The fraction of sp³-hybridized carbons (Fsp3) is 0.412. The van der Waals surface area contributed by atoms with Crippen molar-refractivity contribution in [3.63, 3.8) is 0 Å². The number of hydrogen-bond acceptors (Lipinski definition) is 14. The summed E-state index contributed by atoms with van der Waals surface area (Å²) in [6.07, 6.45) is 6.39. The van der Waals surface area contributed by atoms with E-state index in [-0.39, 0.29) is 51.9 Å². The van der Waals surface area contributed by atoms with E-state index >= 15 is 0 Å². The van der Waals surface area contributed by atoms with Gasteiger partial charge < -0.3 is 0 Å². The van der Waals surface area contributed by atoms with Crippen LogP contribution in [0.4, 0.5) is 0 Å². The van der Waals surface area contributed by atoms with Crippen molar-refractivity contribution in [3.8, 4) is 0 Å². The third kappa shape index (κ3) is 18.4. The molecule has 0 amide bonds. The molecule has 0 bridgehead atoms. The largest absolute Gasteiger partial charge is 0.290 e. The number of pyridine rings is 4. The number of hydrogen-bond donors (Lipinski definition) is 4. The summed E-state index contributed by atoms with van der Waals surface area (Å²) in [7, 11) is -16.8. The highest BCUT2D eigenvalue weighted by molar-refractivity contribution is 7.86. The lowest BCUT2D eigenvalue weighted by atomic mass is 10.1. The van der Waals surface area contributed by atoms with E-state index in [1.165, 1.54) is 24.8 Å².